The molecule has 4 heteroatoms. The van der Waals surface area contributed by atoms with Gasteiger partial charge in [0.15, 0.2) is 0 Å². The first kappa shape index (κ1) is 14.4. The molecule has 2 aromatic rings. The van der Waals surface area contributed by atoms with E-state index in [1.165, 1.54) is 0 Å². The predicted molar refractivity (Wildman–Crippen MR) is 81.7 cm³/mol. The summed E-state index contributed by atoms with van der Waals surface area (Å²) in [5.74, 6) is 0.903. The Bertz CT molecular complexity index is 657. The molecule has 2 aromatic carbocycles. The van der Waals surface area contributed by atoms with Gasteiger partial charge < -0.3 is 9.84 Å². The Kier molecular flexibility index (Phi) is 4.31. The molecule has 0 heterocycles. The minimum atomic E-state index is 0.116. The van der Waals surface area contributed by atoms with Crippen LogP contribution in [-0.2, 0) is 0 Å². The van der Waals surface area contributed by atoms with E-state index in [1.807, 2.05) is 38.1 Å². The molecule has 0 amide bonds. The van der Waals surface area contributed by atoms with E-state index in [9.17, 15) is 5.11 Å². The standard InChI is InChI=1S/C16H14BrNO2/c1-10(2)20-13-5-3-12(4-6-13)14-7-11(9-18)8-15(17)16(14)19/h3-8,10,19H,1-2H3. The van der Waals surface area contributed by atoms with Crippen LogP contribution in [0, 0.1) is 11.3 Å². The second kappa shape index (κ2) is 5.98. The highest BCUT2D eigenvalue weighted by molar-refractivity contribution is 9.10. The molecule has 2 rings (SSSR count). The highest BCUT2D eigenvalue weighted by atomic mass is 79.9. The summed E-state index contributed by atoms with van der Waals surface area (Å²) in [7, 11) is 0. The van der Waals surface area contributed by atoms with Crippen LogP contribution in [-0.4, -0.2) is 11.2 Å². The van der Waals surface area contributed by atoms with Crippen molar-refractivity contribution in [2.75, 3.05) is 0 Å². The Morgan fingerprint density at radius 3 is 2.40 bits per heavy atom. The summed E-state index contributed by atoms with van der Waals surface area (Å²) in [6.45, 7) is 3.93. The van der Waals surface area contributed by atoms with Gasteiger partial charge in [0.05, 0.1) is 22.2 Å². The Morgan fingerprint density at radius 2 is 1.85 bits per heavy atom. The fourth-order valence-corrected chi connectivity index (χ4v) is 2.33. The maximum absolute atomic E-state index is 10.1. The predicted octanol–water partition coefficient (Wildman–Crippen LogP) is 4.48. The number of hydrogen-bond acceptors (Lipinski definition) is 3. The first-order chi connectivity index (χ1) is 9.51. The van der Waals surface area contributed by atoms with Gasteiger partial charge in [-0.25, -0.2) is 0 Å². The summed E-state index contributed by atoms with van der Waals surface area (Å²) >= 11 is 3.26. The van der Waals surface area contributed by atoms with Crippen molar-refractivity contribution in [3.05, 3.63) is 46.4 Å². The second-order valence-electron chi connectivity index (χ2n) is 4.66. The molecule has 0 aromatic heterocycles. The topological polar surface area (TPSA) is 53.2 Å². The number of nitriles is 1. The number of hydrogen-bond donors (Lipinski definition) is 1. The van der Waals surface area contributed by atoms with Crippen LogP contribution in [0.5, 0.6) is 11.5 Å². The van der Waals surface area contributed by atoms with E-state index in [0.717, 1.165) is 11.3 Å². The number of halogens is 1. The average molecular weight is 332 g/mol. The molecule has 102 valence electrons. The van der Waals surface area contributed by atoms with E-state index in [0.29, 0.717) is 15.6 Å². The normalized spacial score (nSPS) is 10.3. The zero-order valence-corrected chi connectivity index (χ0v) is 12.8. The van der Waals surface area contributed by atoms with Crippen LogP contribution in [0.25, 0.3) is 11.1 Å². The SMILES string of the molecule is CC(C)Oc1ccc(-c2cc(C#N)cc(Br)c2O)cc1. The van der Waals surface area contributed by atoms with E-state index in [1.54, 1.807) is 12.1 Å². The van der Waals surface area contributed by atoms with E-state index in [2.05, 4.69) is 22.0 Å². The molecule has 0 spiro atoms. The summed E-state index contributed by atoms with van der Waals surface area (Å²) in [5.41, 5.74) is 1.94. The summed E-state index contributed by atoms with van der Waals surface area (Å²) in [6, 6.07) is 12.8. The summed E-state index contributed by atoms with van der Waals surface area (Å²) in [5, 5.41) is 19.1. The minimum Gasteiger partial charge on any atom is -0.506 e. The van der Waals surface area contributed by atoms with Crippen LogP contribution >= 0.6 is 15.9 Å². The second-order valence-corrected chi connectivity index (χ2v) is 5.51. The van der Waals surface area contributed by atoms with Gasteiger partial charge in [-0.3, -0.25) is 0 Å². The molecule has 0 saturated heterocycles. The van der Waals surface area contributed by atoms with E-state index in [4.69, 9.17) is 10.00 Å². The van der Waals surface area contributed by atoms with Gasteiger partial charge in [-0.2, -0.15) is 5.26 Å². The van der Waals surface area contributed by atoms with Crippen molar-refractivity contribution in [1.29, 1.82) is 5.26 Å². The molecular formula is C16H14BrNO2. The number of ether oxygens (including phenoxy) is 1. The van der Waals surface area contributed by atoms with Gasteiger partial charge in [0.1, 0.15) is 11.5 Å². The van der Waals surface area contributed by atoms with Crippen molar-refractivity contribution in [2.24, 2.45) is 0 Å². The van der Waals surface area contributed by atoms with Crippen molar-refractivity contribution >= 4 is 15.9 Å². The molecule has 0 atom stereocenters. The lowest BCUT2D eigenvalue weighted by Crippen LogP contribution is -2.05. The summed E-state index contributed by atoms with van der Waals surface area (Å²) in [6.07, 6.45) is 0.116. The van der Waals surface area contributed by atoms with Crippen molar-refractivity contribution in [2.45, 2.75) is 20.0 Å². The van der Waals surface area contributed by atoms with Crippen molar-refractivity contribution < 1.29 is 9.84 Å². The molecule has 0 aliphatic carbocycles. The van der Waals surface area contributed by atoms with Crippen LogP contribution in [0.15, 0.2) is 40.9 Å². The van der Waals surface area contributed by atoms with Crippen LogP contribution in [0.4, 0.5) is 0 Å². The Labute approximate surface area is 126 Å². The van der Waals surface area contributed by atoms with E-state index >= 15 is 0 Å². The Hall–Kier alpha value is -1.99. The van der Waals surface area contributed by atoms with Crippen LogP contribution < -0.4 is 4.74 Å². The molecule has 0 bridgehead atoms. The van der Waals surface area contributed by atoms with E-state index < -0.39 is 0 Å². The third-order valence-corrected chi connectivity index (χ3v) is 3.33. The maximum atomic E-state index is 10.1. The quantitative estimate of drug-likeness (QED) is 0.901. The summed E-state index contributed by atoms with van der Waals surface area (Å²) in [4.78, 5) is 0. The monoisotopic (exact) mass is 331 g/mol. The molecule has 0 unspecified atom stereocenters. The minimum absolute atomic E-state index is 0.116. The van der Waals surface area contributed by atoms with Crippen LogP contribution in [0.2, 0.25) is 0 Å². The van der Waals surface area contributed by atoms with Gasteiger partial charge in [0.25, 0.3) is 0 Å². The van der Waals surface area contributed by atoms with Gasteiger partial charge in [-0.05, 0) is 59.6 Å². The molecule has 0 aliphatic heterocycles. The zero-order valence-electron chi connectivity index (χ0n) is 11.2. The maximum Gasteiger partial charge on any atom is 0.137 e. The molecule has 0 radical (unpaired) electrons. The Morgan fingerprint density at radius 1 is 1.20 bits per heavy atom. The van der Waals surface area contributed by atoms with Gasteiger partial charge >= 0.3 is 0 Å². The van der Waals surface area contributed by atoms with Gasteiger partial charge in [-0.1, -0.05) is 12.1 Å². The third-order valence-electron chi connectivity index (χ3n) is 2.73. The zero-order chi connectivity index (χ0) is 14.7. The number of aromatic hydroxyl groups is 1. The van der Waals surface area contributed by atoms with Crippen LogP contribution in [0.3, 0.4) is 0 Å². The number of phenols is 1. The van der Waals surface area contributed by atoms with Gasteiger partial charge in [0.2, 0.25) is 0 Å². The first-order valence-corrected chi connectivity index (χ1v) is 7.00. The highest BCUT2D eigenvalue weighted by Gasteiger charge is 2.10. The molecular weight excluding hydrogens is 318 g/mol. The molecule has 3 nitrogen and oxygen atoms in total. The molecule has 0 saturated carbocycles. The highest BCUT2D eigenvalue weighted by Crippen LogP contribution is 2.37. The smallest absolute Gasteiger partial charge is 0.137 e. The Balaban J connectivity index is 2.42. The van der Waals surface area contributed by atoms with Gasteiger partial charge in [-0.15, -0.1) is 0 Å². The lowest BCUT2D eigenvalue weighted by Gasteiger charge is -2.11. The number of phenolic OH excluding ortho intramolecular Hbond substituents is 1. The number of nitrogens with zero attached hydrogens (tertiary/aromatic N) is 1. The van der Waals surface area contributed by atoms with Crippen molar-refractivity contribution in [3.63, 3.8) is 0 Å². The molecule has 20 heavy (non-hydrogen) atoms. The molecule has 0 fully saturated rings. The number of rotatable bonds is 3. The molecule has 1 N–H and O–H groups in total. The van der Waals surface area contributed by atoms with Crippen molar-refractivity contribution in [1.82, 2.24) is 0 Å². The van der Waals surface area contributed by atoms with E-state index in [-0.39, 0.29) is 11.9 Å². The van der Waals surface area contributed by atoms with Crippen LogP contribution in [0.1, 0.15) is 19.4 Å². The largest absolute Gasteiger partial charge is 0.506 e. The fourth-order valence-electron chi connectivity index (χ4n) is 1.87. The fraction of sp³-hybridized carbons (Fsp3) is 0.188. The van der Waals surface area contributed by atoms with Crippen molar-refractivity contribution in [3.8, 4) is 28.7 Å². The number of benzene rings is 2. The lowest BCUT2D eigenvalue weighted by atomic mass is 10.0. The van der Waals surface area contributed by atoms with Gasteiger partial charge in [0, 0.05) is 5.56 Å². The lowest BCUT2D eigenvalue weighted by molar-refractivity contribution is 0.242. The average Bonchev–Trinajstić information content (AvgIpc) is 2.42. The molecule has 0 aliphatic rings. The first-order valence-electron chi connectivity index (χ1n) is 6.21. The third kappa shape index (κ3) is 3.12. The summed E-state index contributed by atoms with van der Waals surface area (Å²) < 4.78 is 6.09.